The highest BCUT2D eigenvalue weighted by atomic mass is 35.5. The Bertz CT molecular complexity index is 346. The van der Waals surface area contributed by atoms with Crippen molar-refractivity contribution < 1.29 is 9.53 Å². The number of carbonyl (C=O) groups is 1. The first-order chi connectivity index (χ1) is 6.63. The van der Waals surface area contributed by atoms with Crippen LogP contribution in [0.1, 0.15) is 5.56 Å². The molecule has 0 atom stereocenters. The predicted molar refractivity (Wildman–Crippen MR) is 54.5 cm³/mol. The fourth-order valence-corrected chi connectivity index (χ4v) is 1.73. The molecule has 0 aliphatic carbocycles. The number of esters is 1. The van der Waals surface area contributed by atoms with Crippen molar-refractivity contribution in [2.75, 3.05) is 12.9 Å². The summed E-state index contributed by atoms with van der Waals surface area (Å²) in [5.41, 5.74) is 0.892. The molecule has 0 amide bonds. The molecule has 1 aromatic rings. The molecule has 0 aliphatic rings. The average Bonchev–Trinajstić information content (AvgIpc) is 2.19. The summed E-state index contributed by atoms with van der Waals surface area (Å²) in [4.78, 5) is 18.7. The second-order valence-electron chi connectivity index (χ2n) is 2.49. The average molecular weight is 233 g/mol. The molecule has 1 aromatic heterocycles. The molecule has 0 bridgehead atoms. The summed E-state index contributed by atoms with van der Waals surface area (Å²) in [6.45, 7) is 1.86. The van der Waals surface area contributed by atoms with Crippen LogP contribution in [-0.2, 0) is 9.53 Å². The monoisotopic (exact) mass is 232 g/mol. The molecule has 4 nitrogen and oxygen atoms in total. The van der Waals surface area contributed by atoms with Gasteiger partial charge in [0.15, 0.2) is 0 Å². The SMILES string of the molecule is COC(=O)CSc1nc(Cl)ncc1C. The number of halogens is 1. The molecule has 0 fully saturated rings. The van der Waals surface area contributed by atoms with E-state index >= 15 is 0 Å². The van der Waals surface area contributed by atoms with Crippen LogP contribution < -0.4 is 0 Å². The van der Waals surface area contributed by atoms with Crippen LogP contribution in [0.3, 0.4) is 0 Å². The summed E-state index contributed by atoms with van der Waals surface area (Å²) < 4.78 is 4.51. The summed E-state index contributed by atoms with van der Waals surface area (Å²) in [6.07, 6.45) is 1.62. The van der Waals surface area contributed by atoms with Crippen molar-refractivity contribution in [2.45, 2.75) is 11.9 Å². The van der Waals surface area contributed by atoms with Crippen LogP contribution in [0.15, 0.2) is 11.2 Å². The topological polar surface area (TPSA) is 52.1 Å². The first kappa shape index (κ1) is 11.3. The van der Waals surface area contributed by atoms with Gasteiger partial charge in [-0.25, -0.2) is 9.97 Å². The minimum Gasteiger partial charge on any atom is -0.468 e. The number of ether oxygens (including phenoxy) is 1. The zero-order chi connectivity index (χ0) is 10.6. The third-order valence-corrected chi connectivity index (χ3v) is 2.70. The summed E-state index contributed by atoms with van der Waals surface area (Å²) in [7, 11) is 1.35. The second-order valence-corrected chi connectivity index (χ2v) is 3.79. The van der Waals surface area contributed by atoms with E-state index in [0.717, 1.165) is 5.56 Å². The van der Waals surface area contributed by atoms with E-state index in [1.165, 1.54) is 18.9 Å². The van der Waals surface area contributed by atoms with E-state index in [1.807, 2.05) is 6.92 Å². The zero-order valence-electron chi connectivity index (χ0n) is 7.78. The van der Waals surface area contributed by atoms with Crippen LogP contribution in [0.2, 0.25) is 5.28 Å². The Kier molecular flexibility index (Phi) is 4.16. The lowest BCUT2D eigenvalue weighted by Crippen LogP contribution is -2.03. The van der Waals surface area contributed by atoms with Gasteiger partial charge in [-0.15, -0.1) is 0 Å². The zero-order valence-corrected chi connectivity index (χ0v) is 9.35. The maximum absolute atomic E-state index is 10.9. The molecular formula is C8H9ClN2O2S. The molecule has 14 heavy (non-hydrogen) atoms. The first-order valence-corrected chi connectivity index (χ1v) is 5.18. The Balaban J connectivity index is 2.66. The maximum atomic E-state index is 10.9. The van der Waals surface area contributed by atoms with Gasteiger partial charge in [-0.05, 0) is 24.1 Å². The van der Waals surface area contributed by atoms with Crippen molar-refractivity contribution in [1.29, 1.82) is 0 Å². The van der Waals surface area contributed by atoms with Gasteiger partial charge in [-0.1, -0.05) is 11.8 Å². The van der Waals surface area contributed by atoms with Gasteiger partial charge < -0.3 is 4.74 Å². The van der Waals surface area contributed by atoms with Crippen molar-refractivity contribution in [1.82, 2.24) is 9.97 Å². The van der Waals surface area contributed by atoms with Gasteiger partial charge in [-0.2, -0.15) is 0 Å². The molecule has 1 rings (SSSR count). The lowest BCUT2D eigenvalue weighted by atomic mass is 10.4. The molecule has 6 heteroatoms. The third-order valence-electron chi connectivity index (χ3n) is 1.45. The van der Waals surface area contributed by atoms with Crippen molar-refractivity contribution >= 4 is 29.3 Å². The molecule has 76 valence electrons. The van der Waals surface area contributed by atoms with E-state index < -0.39 is 0 Å². The van der Waals surface area contributed by atoms with Gasteiger partial charge >= 0.3 is 5.97 Å². The van der Waals surface area contributed by atoms with E-state index in [2.05, 4.69) is 14.7 Å². The highest BCUT2D eigenvalue weighted by Gasteiger charge is 2.06. The van der Waals surface area contributed by atoms with Crippen molar-refractivity contribution in [2.24, 2.45) is 0 Å². The highest BCUT2D eigenvalue weighted by Crippen LogP contribution is 2.20. The number of methoxy groups -OCH3 is 1. The Morgan fingerprint density at radius 1 is 1.71 bits per heavy atom. The number of aromatic nitrogens is 2. The molecule has 0 unspecified atom stereocenters. The fraction of sp³-hybridized carbons (Fsp3) is 0.375. The largest absolute Gasteiger partial charge is 0.468 e. The molecule has 0 saturated heterocycles. The fourth-order valence-electron chi connectivity index (χ4n) is 0.738. The summed E-state index contributed by atoms with van der Waals surface area (Å²) >= 11 is 6.90. The summed E-state index contributed by atoms with van der Waals surface area (Å²) in [5, 5.41) is 0.887. The normalized spacial score (nSPS) is 9.93. The lowest BCUT2D eigenvalue weighted by Gasteiger charge is -2.02. The smallest absolute Gasteiger partial charge is 0.316 e. The van der Waals surface area contributed by atoms with Crippen molar-refractivity contribution in [3.63, 3.8) is 0 Å². The number of carbonyl (C=O) groups excluding carboxylic acids is 1. The number of nitrogens with zero attached hydrogens (tertiary/aromatic N) is 2. The number of thioether (sulfide) groups is 1. The van der Waals surface area contributed by atoms with Crippen LogP contribution in [0.25, 0.3) is 0 Å². The number of rotatable bonds is 3. The summed E-state index contributed by atoms with van der Waals surface area (Å²) in [5.74, 6) is -0.0610. The van der Waals surface area contributed by atoms with Gasteiger partial charge in [-0.3, -0.25) is 4.79 Å². The Morgan fingerprint density at radius 3 is 3.07 bits per heavy atom. The molecule has 0 aromatic carbocycles. The van der Waals surface area contributed by atoms with Crippen LogP contribution in [0.5, 0.6) is 0 Å². The van der Waals surface area contributed by atoms with Crippen LogP contribution in [0, 0.1) is 6.92 Å². The van der Waals surface area contributed by atoms with Gasteiger partial charge in [0.05, 0.1) is 12.9 Å². The summed E-state index contributed by atoms with van der Waals surface area (Å²) in [6, 6.07) is 0. The molecule has 0 N–H and O–H groups in total. The quantitative estimate of drug-likeness (QED) is 0.344. The minimum absolute atomic E-state index is 0.183. The second kappa shape index (κ2) is 5.17. The Labute approximate surface area is 91.0 Å². The van der Waals surface area contributed by atoms with Crippen molar-refractivity contribution in [3.8, 4) is 0 Å². The molecule has 0 saturated carbocycles. The molecule has 1 heterocycles. The lowest BCUT2D eigenvalue weighted by molar-refractivity contribution is -0.137. The molecular weight excluding hydrogens is 224 g/mol. The number of hydrogen-bond donors (Lipinski definition) is 0. The predicted octanol–water partition coefficient (Wildman–Crippen LogP) is 1.70. The van der Waals surface area contributed by atoms with Gasteiger partial charge in [0.2, 0.25) is 5.28 Å². The van der Waals surface area contributed by atoms with Gasteiger partial charge in [0.25, 0.3) is 0 Å². The van der Waals surface area contributed by atoms with Crippen LogP contribution in [-0.4, -0.2) is 28.8 Å². The molecule has 0 aliphatic heterocycles. The Hall–Kier alpha value is -0.810. The highest BCUT2D eigenvalue weighted by molar-refractivity contribution is 7.99. The van der Waals surface area contributed by atoms with E-state index in [-0.39, 0.29) is 17.0 Å². The standard InChI is InChI=1S/C8H9ClN2O2S/c1-5-3-10-8(9)11-7(5)14-4-6(12)13-2/h3H,4H2,1-2H3. The minimum atomic E-state index is -0.288. The maximum Gasteiger partial charge on any atom is 0.316 e. The van der Waals surface area contributed by atoms with Crippen LogP contribution >= 0.6 is 23.4 Å². The Morgan fingerprint density at radius 2 is 2.43 bits per heavy atom. The molecule has 0 spiro atoms. The first-order valence-electron chi connectivity index (χ1n) is 3.82. The van der Waals surface area contributed by atoms with E-state index in [4.69, 9.17) is 11.6 Å². The molecule has 0 radical (unpaired) electrons. The number of aryl methyl sites for hydroxylation is 1. The van der Waals surface area contributed by atoms with E-state index in [0.29, 0.717) is 5.03 Å². The number of hydrogen-bond acceptors (Lipinski definition) is 5. The van der Waals surface area contributed by atoms with Crippen molar-refractivity contribution in [3.05, 3.63) is 17.0 Å². The van der Waals surface area contributed by atoms with Gasteiger partial charge in [0.1, 0.15) is 5.03 Å². The van der Waals surface area contributed by atoms with Gasteiger partial charge in [0, 0.05) is 6.20 Å². The van der Waals surface area contributed by atoms with E-state index in [9.17, 15) is 4.79 Å². The van der Waals surface area contributed by atoms with Crippen LogP contribution in [0.4, 0.5) is 0 Å². The third kappa shape index (κ3) is 3.16. The van der Waals surface area contributed by atoms with E-state index in [1.54, 1.807) is 6.20 Å².